The van der Waals surface area contributed by atoms with Crippen LogP contribution < -0.4 is 5.43 Å². The van der Waals surface area contributed by atoms with Crippen LogP contribution in [0.3, 0.4) is 0 Å². The third kappa shape index (κ3) is 2.51. The molecule has 0 radical (unpaired) electrons. The summed E-state index contributed by atoms with van der Waals surface area (Å²) < 4.78 is 16.1. The molecule has 2 nitrogen and oxygen atoms in total. The van der Waals surface area contributed by atoms with Gasteiger partial charge in [0.15, 0.2) is 5.43 Å². The van der Waals surface area contributed by atoms with Crippen molar-refractivity contribution in [1.29, 1.82) is 0 Å². The summed E-state index contributed by atoms with van der Waals surface area (Å²) in [6.45, 7) is 0.511. The van der Waals surface area contributed by atoms with Crippen molar-refractivity contribution < 1.29 is 4.39 Å². The number of halogens is 2. The Labute approximate surface area is 123 Å². The first kappa shape index (κ1) is 13.1. The molecule has 0 N–H and O–H groups in total. The normalized spacial score (nSPS) is 10.9. The lowest BCUT2D eigenvalue weighted by molar-refractivity contribution is 0.623. The number of hydrogen-bond acceptors (Lipinski definition) is 1. The fraction of sp³-hybridized carbons (Fsp3) is 0.0625. The van der Waals surface area contributed by atoms with E-state index in [2.05, 4.69) is 15.9 Å². The first-order valence-electron chi connectivity index (χ1n) is 6.17. The zero-order valence-corrected chi connectivity index (χ0v) is 12.1. The summed E-state index contributed by atoms with van der Waals surface area (Å²) in [5.41, 5.74) is 1.68. The maximum Gasteiger partial charge on any atom is 0.189 e. The first-order valence-corrected chi connectivity index (χ1v) is 6.96. The molecule has 0 aliphatic rings. The molecule has 3 rings (SSSR count). The van der Waals surface area contributed by atoms with Gasteiger partial charge in [-0.1, -0.05) is 28.1 Å². The molecule has 0 unspecified atom stereocenters. The summed E-state index contributed by atoms with van der Waals surface area (Å²) in [6, 6.07) is 13.8. The molecule has 0 aliphatic carbocycles. The van der Waals surface area contributed by atoms with E-state index >= 15 is 0 Å². The van der Waals surface area contributed by atoms with Gasteiger partial charge in [0.05, 0.1) is 5.52 Å². The first-order chi connectivity index (χ1) is 9.63. The second kappa shape index (κ2) is 5.21. The van der Waals surface area contributed by atoms with Crippen LogP contribution in [0, 0.1) is 5.82 Å². The number of benzene rings is 2. The molecule has 0 bridgehead atoms. The number of aromatic nitrogens is 1. The van der Waals surface area contributed by atoms with Gasteiger partial charge in [-0.05, 0) is 35.9 Å². The second-order valence-electron chi connectivity index (χ2n) is 4.60. The van der Waals surface area contributed by atoms with E-state index in [9.17, 15) is 9.18 Å². The highest BCUT2D eigenvalue weighted by Gasteiger charge is 2.04. The van der Waals surface area contributed by atoms with Gasteiger partial charge in [0.1, 0.15) is 5.82 Å². The van der Waals surface area contributed by atoms with E-state index in [1.54, 1.807) is 12.3 Å². The Balaban J connectivity index is 2.11. The zero-order valence-electron chi connectivity index (χ0n) is 10.5. The van der Waals surface area contributed by atoms with E-state index in [1.165, 1.54) is 18.2 Å². The Kier molecular flexibility index (Phi) is 3.40. The molecule has 3 aromatic rings. The van der Waals surface area contributed by atoms with Crippen LogP contribution in [0.15, 0.2) is 64.0 Å². The minimum atomic E-state index is -0.278. The summed E-state index contributed by atoms with van der Waals surface area (Å²) in [6.07, 6.45) is 1.74. The summed E-state index contributed by atoms with van der Waals surface area (Å²) in [5.74, 6) is -0.278. The predicted octanol–water partition coefficient (Wildman–Crippen LogP) is 3.95. The zero-order chi connectivity index (χ0) is 14.1. The van der Waals surface area contributed by atoms with Crippen molar-refractivity contribution in [3.8, 4) is 0 Å². The van der Waals surface area contributed by atoms with Crippen LogP contribution in [0.25, 0.3) is 10.9 Å². The van der Waals surface area contributed by atoms with Gasteiger partial charge < -0.3 is 4.57 Å². The Morgan fingerprint density at radius 1 is 1.10 bits per heavy atom. The van der Waals surface area contributed by atoms with Gasteiger partial charge in [-0.3, -0.25) is 4.79 Å². The lowest BCUT2D eigenvalue weighted by atomic mass is 10.1. The van der Waals surface area contributed by atoms with Crippen LogP contribution in [0.1, 0.15) is 5.56 Å². The SMILES string of the molecule is O=c1ccn(Cc2cc(F)cc(Br)c2)c2ccccc12. The topological polar surface area (TPSA) is 22.0 Å². The van der Waals surface area contributed by atoms with E-state index < -0.39 is 0 Å². The van der Waals surface area contributed by atoms with Gasteiger partial charge in [0, 0.05) is 28.7 Å². The van der Waals surface area contributed by atoms with Gasteiger partial charge in [-0.2, -0.15) is 0 Å². The highest BCUT2D eigenvalue weighted by atomic mass is 79.9. The Morgan fingerprint density at radius 2 is 1.90 bits per heavy atom. The molecule has 0 fully saturated rings. The molecule has 4 heteroatoms. The maximum atomic E-state index is 13.4. The third-order valence-electron chi connectivity index (χ3n) is 3.16. The smallest absolute Gasteiger partial charge is 0.189 e. The van der Waals surface area contributed by atoms with E-state index in [0.29, 0.717) is 16.4 Å². The largest absolute Gasteiger partial charge is 0.343 e. The van der Waals surface area contributed by atoms with E-state index in [0.717, 1.165) is 11.1 Å². The minimum Gasteiger partial charge on any atom is -0.343 e. The van der Waals surface area contributed by atoms with Gasteiger partial charge in [0.25, 0.3) is 0 Å². The molecule has 1 aromatic heterocycles. The van der Waals surface area contributed by atoms with Crippen LogP contribution in [0.2, 0.25) is 0 Å². The molecular formula is C16H11BrFNO. The number of para-hydroxylation sites is 1. The predicted molar refractivity (Wildman–Crippen MR) is 81.4 cm³/mol. The van der Waals surface area contributed by atoms with Crippen LogP contribution in [0.4, 0.5) is 4.39 Å². The molecular weight excluding hydrogens is 321 g/mol. The molecule has 0 atom stereocenters. The fourth-order valence-corrected chi connectivity index (χ4v) is 2.81. The summed E-state index contributed by atoms with van der Waals surface area (Å²) in [4.78, 5) is 11.8. The Morgan fingerprint density at radius 3 is 2.70 bits per heavy atom. The summed E-state index contributed by atoms with van der Waals surface area (Å²) in [7, 11) is 0. The molecule has 20 heavy (non-hydrogen) atoms. The minimum absolute atomic E-state index is 0.00253. The molecule has 1 heterocycles. The molecule has 2 aromatic carbocycles. The van der Waals surface area contributed by atoms with Crippen molar-refractivity contribution in [2.45, 2.75) is 6.54 Å². The van der Waals surface area contributed by atoms with Crippen molar-refractivity contribution >= 4 is 26.8 Å². The maximum absolute atomic E-state index is 13.4. The average molecular weight is 332 g/mol. The van der Waals surface area contributed by atoms with E-state index in [-0.39, 0.29) is 11.2 Å². The van der Waals surface area contributed by atoms with Gasteiger partial charge in [-0.25, -0.2) is 4.39 Å². The van der Waals surface area contributed by atoms with Crippen LogP contribution >= 0.6 is 15.9 Å². The van der Waals surface area contributed by atoms with Crippen LogP contribution in [0.5, 0.6) is 0 Å². The molecule has 100 valence electrons. The number of pyridine rings is 1. The summed E-state index contributed by atoms with van der Waals surface area (Å²) in [5, 5.41) is 0.672. The standard InChI is InChI=1S/C16H11BrFNO/c17-12-7-11(8-13(18)9-12)10-19-6-5-16(20)14-3-1-2-4-15(14)19/h1-9H,10H2. The lowest BCUT2D eigenvalue weighted by Crippen LogP contribution is -2.08. The Hall–Kier alpha value is -1.94. The van der Waals surface area contributed by atoms with Crippen molar-refractivity contribution in [2.24, 2.45) is 0 Å². The van der Waals surface area contributed by atoms with E-state index in [1.807, 2.05) is 28.8 Å². The third-order valence-corrected chi connectivity index (χ3v) is 3.62. The number of rotatable bonds is 2. The molecule has 0 aliphatic heterocycles. The van der Waals surface area contributed by atoms with Crippen molar-refractivity contribution in [1.82, 2.24) is 4.57 Å². The van der Waals surface area contributed by atoms with Gasteiger partial charge in [-0.15, -0.1) is 0 Å². The van der Waals surface area contributed by atoms with Crippen molar-refractivity contribution in [3.05, 3.63) is 80.8 Å². The van der Waals surface area contributed by atoms with Gasteiger partial charge in [0.2, 0.25) is 0 Å². The van der Waals surface area contributed by atoms with Crippen molar-refractivity contribution in [3.63, 3.8) is 0 Å². The number of fused-ring (bicyclic) bond motifs is 1. The monoisotopic (exact) mass is 331 g/mol. The lowest BCUT2D eigenvalue weighted by Gasteiger charge is -2.11. The van der Waals surface area contributed by atoms with Crippen LogP contribution in [-0.2, 0) is 6.54 Å². The highest BCUT2D eigenvalue weighted by Crippen LogP contribution is 2.17. The van der Waals surface area contributed by atoms with Crippen LogP contribution in [-0.4, -0.2) is 4.57 Å². The highest BCUT2D eigenvalue weighted by molar-refractivity contribution is 9.10. The second-order valence-corrected chi connectivity index (χ2v) is 5.52. The molecule has 0 saturated heterocycles. The molecule has 0 amide bonds. The average Bonchev–Trinajstić information content (AvgIpc) is 2.41. The molecule has 0 saturated carbocycles. The van der Waals surface area contributed by atoms with Crippen molar-refractivity contribution in [2.75, 3.05) is 0 Å². The number of nitrogens with zero attached hydrogens (tertiary/aromatic N) is 1. The quantitative estimate of drug-likeness (QED) is 0.696. The number of hydrogen-bond donors (Lipinski definition) is 0. The molecule has 0 spiro atoms. The van der Waals surface area contributed by atoms with E-state index in [4.69, 9.17) is 0 Å². The fourth-order valence-electron chi connectivity index (χ4n) is 2.30. The summed E-state index contributed by atoms with van der Waals surface area (Å²) >= 11 is 3.29. The van der Waals surface area contributed by atoms with Gasteiger partial charge >= 0.3 is 0 Å². The Bertz CT molecular complexity index is 821.